The topological polar surface area (TPSA) is 155 Å². The molecule has 1 heterocycles. The molecule has 0 spiro atoms. The Kier molecular flexibility index (Phi) is 8.80. The second-order valence-corrected chi connectivity index (χ2v) is 11.0. The number of halogens is 4. The van der Waals surface area contributed by atoms with E-state index in [4.69, 9.17) is 11.5 Å². The van der Waals surface area contributed by atoms with Gasteiger partial charge in [-0.25, -0.2) is 17.8 Å². The van der Waals surface area contributed by atoms with Gasteiger partial charge in [-0.15, -0.1) is 0 Å². The number of carbonyl (C=O) groups is 1. The summed E-state index contributed by atoms with van der Waals surface area (Å²) in [4.78, 5) is 17.1. The third-order valence-corrected chi connectivity index (χ3v) is 8.24. The predicted molar refractivity (Wildman–Crippen MR) is 128 cm³/mol. The van der Waals surface area contributed by atoms with Gasteiger partial charge in [0.1, 0.15) is 12.5 Å². The van der Waals surface area contributed by atoms with Gasteiger partial charge in [-0.05, 0) is 62.9 Å². The molecule has 202 valence electrons. The van der Waals surface area contributed by atoms with Crippen LogP contribution in [-0.2, 0) is 14.6 Å². The van der Waals surface area contributed by atoms with Gasteiger partial charge in [-0.2, -0.15) is 18.4 Å². The molecular formula is C23H28F4N6O3S. The highest BCUT2D eigenvalue weighted by atomic mass is 32.2. The number of alkyl halides is 4. The number of amidine groups is 1. The summed E-state index contributed by atoms with van der Waals surface area (Å²) in [6, 6.07) is 5.40. The number of amides is 1. The maximum atomic E-state index is 13.3. The number of aliphatic imine (C=N–C) groups is 1. The van der Waals surface area contributed by atoms with Gasteiger partial charge in [-0.1, -0.05) is 0 Å². The van der Waals surface area contributed by atoms with E-state index in [2.05, 4.69) is 21.3 Å². The van der Waals surface area contributed by atoms with E-state index in [-0.39, 0.29) is 35.2 Å². The predicted octanol–water partition coefficient (Wildman–Crippen LogP) is 2.42. The van der Waals surface area contributed by atoms with Crippen LogP contribution >= 0.6 is 0 Å². The minimum Gasteiger partial charge on any atom is -0.386 e. The van der Waals surface area contributed by atoms with Crippen LogP contribution in [-0.4, -0.2) is 61.9 Å². The molecule has 0 aromatic heterocycles. The first-order valence-corrected chi connectivity index (χ1v) is 13.1. The van der Waals surface area contributed by atoms with Crippen molar-refractivity contribution in [1.82, 2.24) is 10.2 Å². The molecule has 4 atom stereocenters. The molecule has 5 N–H and O–H groups in total. The van der Waals surface area contributed by atoms with E-state index in [0.29, 0.717) is 12.8 Å². The van der Waals surface area contributed by atoms with Crippen molar-refractivity contribution >= 4 is 27.3 Å². The lowest BCUT2D eigenvalue weighted by Crippen LogP contribution is -2.48. The third-order valence-electron chi connectivity index (χ3n) is 6.74. The average Bonchev–Trinajstić information content (AvgIpc) is 3.32. The summed E-state index contributed by atoms with van der Waals surface area (Å²) in [7, 11) is -5.52. The largest absolute Gasteiger partial charge is 0.501 e. The molecule has 2 aliphatic rings. The lowest BCUT2D eigenvalue weighted by molar-refractivity contribution is -0.114. The molecule has 37 heavy (non-hydrogen) atoms. The summed E-state index contributed by atoms with van der Waals surface area (Å²) >= 11 is 0. The van der Waals surface area contributed by atoms with Crippen molar-refractivity contribution in [3.8, 4) is 6.07 Å². The van der Waals surface area contributed by atoms with Crippen LogP contribution in [0.3, 0.4) is 0 Å². The van der Waals surface area contributed by atoms with Crippen molar-refractivity contribution in [3.05, 3.63) is 36.0 Å². The normalized spacial score (nSPS) is 26.0. The lowest BCUT2D eigenvalue weighted by Gasteiger charge is -2.39. The molecule has 1 aromatic rings. The Morgan fingerprint density at radius 3 is 2.46 bits per heavy atom. The molecule has 1 saturated carbocycles. The van der Waals surface area contributed by atoms with Crippen LogP contribution in [0.1, 0.15) is 32.1 Å². The van der Waals surface area contributed by atoms with E-state index in [0.717, 1.165) is 50.1 Å². The Balaban J connectivity index is 1.72. The second kappa shape index (κ2) is 11.5. The van der Waals surface area contributed by atoms with Crippen LogP contribution in [0.15, 0.2) is 45.9 Å². The monoisotopic (exact) mass is 544 g/mol. The fraction of sp³-hybridized carbons (Fsp3) is 0.522. The number of nitrogens with two attached hydrogens (primary N) is 2. The quantitative estimate of drug-likeness (QED) is 0.196. The van der Waals surface area contributed by atoms with Crippen molar-refractivity contribution < 1.29 is 30.8 Å². The molecule has 0 radical (unpaired) electrons. The van der Waals surface area contributed by atoms with Crippen LogP contribution in [0.25, 0.3) is 0 Å². The number of rotatable bonds is 8. The average molecular weight is 545 g/mol. The molecule has 1 aliphatic heterocycles. The van der Waals surface area contributed by atoms with E-state index in [1.54, 1.807) is 0 Å². The van der Waals surface area contributed by atoms with Crippen LogP contribution < -0.4 is 16.8 Å². The van der Waals surface area contributed by atoms with Gasteiger partial charge in [0.05, 0.1) is 28.1 Å². The minimum atomic E-state index is -5.52. The molecule has 1 saturated heterocycles. The highest BCUT2D eigenvalue weighted by Crippen LogP contribution is 2.33. The van der Waals surface area contributed by atoms with Crippen molar-refractivity contribution in [3.63, 3.8) is 0 Å². The molecule has 1 amide bonds. The number of primary amides is 1. The molecule has 1 unspecified atom stereocenters. The molecule has 1 aromatic carbocycles. The molecule has 1 aliphatic carbocycles. The van der Waals surface area contributed by atoms with Gasteiger partial charge in [0.2, 0.25) is 0 Å². The summed E-state index contributed by atoms with van der Waals surface area (Å²) in [5, 5.41) is 12.7. The standard InChI is InChI=1S/C23H28F4N6O3S/c24-11-17-2-1-9-33(17)16-5-8-20(14(10-16)12-28)31-13-19(22(30)34)21(29)32-15-3-6-18(7-4-15)37(35,36)23(25,26)27/h3-4,6-7,13-14,16-17,20,31H,1-2,5,8-11H2,(H2,29,32)(H2,30,34)/b19-13+/t14-,16?,17-,20+/m1/s1. The lowest BCUT2D eigenvalue weighted by atomic mass is 9.81. The molecule has 14 heteroatoms. The van der Waals surface area contributed by atoms with Crippen molar-refractivity contribution in [1.29, 1.82) is 5.26 Å². The van der Waals surface area contributed by atoms with E-state index in [1.807, 2.05) is 0 Å². The number of hydrogen-bond acceptors (Lipinski definition) is 7. The van der Waals surface area contributed by atoms with E-state index in [9.17, 15) is 36.0 Å². The third kappa shape index (κ3) is 6.40. The van der Waals surface area contributed by atoms with E-state index < -0.39 is 38.7 Å². The molecule has 2 fully saturated rings. The Morgan fingerprint density at radius 1 is 1.22 bits per heavy atom. The van der Waals surface area contributed by atoms with Gasteiger partial charge in [0, 0.05) is 24.3 Å². The van der Waals surface area contributed by atoms with Crippen LogP contribution in [0, 0.1) is 17.2 Å². The highest BCUT2D eigenvalue weighted by Gasteiger charge is 2.46. The first kappa shape index (κ1) is 28.4. The van der Waals surface area contributed by atoms with Gasteiger partial charge < -0.3 is 16.8 Å². The Hall–Kier alpha value is -3.18. The fourth-order valence-electron chi connectivity index (χ4n) is 4.79. The zero-order chi connectivity index (χ0) is 27.4. The number of nitrogens with one attached hydrogen (secondary N) is 1. The molecule has 0 bridgehead atoms. The highest BCUT2D eigenvalue weighted by molar-refractivity contribution is 7.92. The smallest absolute Gasteiger partial charge is 0.386 e. The zero-order valence-electron chi connectivity index (χ0n) is 19.8. The summed E-state index contributed by atoms with van der Waals surface area (Å²) in [6.07, 6.45) is 4.85. The van der Waals surface area contributed by atoms with Crippen LogP contribution in [0.5, 0.6) is 0 Å². The number of sulfone groups is 1. The first-order chi connectivity index (χ1) is 17.4. The van der Waals surface area contributed by atoms with Gasteiger partial charge in [0.25, 0.3) is 15.7 Å². The number of hydrogen-bond donors (Lipinski definition) is 3. The molecular weight excluding hydrogens is 516 g/mol. The van der Waals surface area contributed by atoms with Gasteiger partial charge in [-0.3, -0.25) is 9.69 Å². The molecule has 3 rings (SSSR count). The van der Waals surface area contributed by atoms with Gasteiger partial charge >= 0.3 is 5.51 Å². The van der Waals surface area contributed by atoms with Gasteiger partial charge in [0.15, 0.2) is 0 Å². The maximum absolute atomic E-state index is 13.3. The zero-order valence-corrected chi connectivity index (χ0v) is 20.6. The summed E-state index contributed by atoms with van der Waals surface area (Å²) in [6.45, 7) is 0.386. The summed E-state index contributed by atoms with van der Waals surface area (Å²) in [5.74, 6) is -1.70. The van der Waals surface area contributed by atoms with Crippen molar-refractivity contribution in [2.45, 2.75) is 60.6 Å². The van der Waals surface area contributed by atoms with E-state index in [1.165, 1.54) is 6.20 Å². The Bertz CT molecular complexity index is 1190. The number of likely N-dealkylation sites (tertiary alicyclic amines) is 1. The number of nitrogens with zero attached hydrogens (tertiary/aromatic N) is 3. The van der Waals surface area contributed by atoms with Crippen LogP contribution in [0.4, 0.5) is 23.2 Å². The summed E-state index contributed by atoms with van der Waals surface area (Å²) < 4.78 is 74.4. The van der Waals surface area contributed by atoms with Crippen molar-refractivity contribution in [2.75, 3.05) is 13.2 Å². The number of carbonyl (C=O) groups excluding carboxylic acids is 1. The van der Waals surface area contributed by atoms with Crippen LogP contribution in [0.2, 0.25) is 0 Å². The van der Waals surface area contributed by atoms with E-state index >= 15 is 0 Å². The SMILES string of the molecule is N#C[C@H]1CC(N2CCC[C@@H]2CF)CC[C@@H]1N/C=C(/C(N)=O)C(N)=Nc1ccc(S(=O)(=O)C(F)(F)F)cc1. The number of nitriles is 1. The van der Waals surface area contributed by atoms with Crippen molar-refractivity contribution in [2.24, 2.45) is 22.4 Å². The first-order valence-electron chi connectivity index (χ1n) is 11.6. The molecule has 9 nitrogen and oxygen atoms in total. The second-order valence-electron chi connectivity index (χ2n) is 9.03. The Labute approximate surface area is 212 Å². The maximum Gasteiger partial charge on any atom is 0.501 e. The number of benzene rings is 1. The Morgan fingerprint density at radius 2 is 1.89 bits per heavy atom. The fourth-order valence-corrected chi connectivity index (χ4v) is 5.55. The minimum absolute atomic E-state index is 0.00536. The summed E-state index contributed by atoms with van der Waals surface area (Å²) in [5.41, 5.74) is 5.64.